The smallest absolute Gasteiger partial charge is 0.243 e. The Hall–Kier alpha value is -1.97. The summed E-state index contributed by atoms with van der Waals surface area (Å²) in [7, 11) is 0. The van der Waals surface area contributed by atoms with Crippen molar-refractivity contribution in [2.45, 2.75) is 102 Å². The summed E-state index contributed by atoms with van der Waals surface area (Å²) in [5, 5.41) is 27.2. The fourth-order valence-electron chi connectivity index (χ4n) is 5.10. The van der Waals surface area contributed by atoms with Gasteiger partial charge >= 0.3 is 0 Å². The summed E-state index contributed by atoms with van der Waals surface area (Å²) in [5.41, 5.74) is 0. The van der Waals surface area contributed by atoms with E-state index >= 15 is 0 Å². The van der Waals surface area contributed by atoms with E-state index in [1.54, 1.807) is 11.0 Å². The summed E-state index contributed by atoms with van der Waals surface area (Å²) >= 11 is 0. The van der Waals surface area contributed by atoms with E-state index in [0.29, 0.717) is 45.1 Å². The minimum Gasteiger partial charge on any atom is -0.390 e. The van der Waals surface area contributed by atoms with Crippen LogP contribution in [0.3, 0.4) is 0 Å². The highest BCUT2D eigenvalue weighted by Crippen LogP contribution is 2.29. The van der Waals surface area contributed by atoms with E-state index in [2.05, 4.69) is 17.2 Å². The molecule has 4 N–H and O–H groups in total. The lowest BCUT2D eigenvalue weighted by molar-refractivity contribution is -0.137. The van der Waals surface area contributed by atoms with Gasteiger partial charge < -0.3 is 30.5 Å². The Kier molecular flexibility index (Phi) is 13.4. The summed E-state index contributed by atoms with van der Waals surface area (Å²) < 4.78 is 5.25. The number of rotatable bonds is 14. The quantitative estimate of drug-likeness (QED) is 0.265. The summed E-state index contributed by atoms with van der Waals surface area (Å²) in [6.45, 7) is 9.70. The molecule has 2 rings (SSSR count). The Labute approximate surface area is 216 Å². The molecule has 206 valence electrons. The number of aliphatic hydroxyl groups excluding tert-OH is 2. The van der Waals surface area contributed by atoms with Gasteiger partial charge in [-0.2, -0.15) is 0 Å². The molecule has 1 aliphatic heterocycles. The van der Waals surface area contributed by atoms with Crippen molar-refractivity contribution < 1.29 is 29.3 Å². The van der Waals surface area contributed by atoms with Crippen molar-refractivity contribution in [2.75, 3.05) is 26.3 Å². The Morgan fingerprint density at radius 3 is 2.33 bits per heavy atom. The Morgan fingerprint density at radius 2 is 1.72 bits per heavy atom. The Morgan fingerprint density at radius 1 is 1.06 bits per heavy atom. The number of ether oxygens (including phenoxy) is 1. The molecule has 36 heavy (non-hydrogen) atoms. The first kappa shape index (κ1) is 30.3. The second kappa shape index (κ2) is 16.0. The Bertz CT molecular complexity index is 704. The van der Waals surface area contributed by atoms with Crippen LogP contribution in [0.2, 0.25) is 0 Å². The molecule has 1 saturated heterocycles. The van der Waals surface area contributed by atoms with E-state index in [-0.39, 0.29) is 37.0 Å². The monoisotopic (exact) mass is 509 g/mol. The fourth-order valence-corrected chi connectivity index (χ4v) is 5.10. The van der Waals surface area contributed by atoms with Crippen LogP contribution in [0.15, 0.2) is 12.7 Å². The van der Waals surface area contributed by atoms with E-state index in [0.717, 1.165) is 25.7 Å². The van der Waals surface area contributed by atoms with Crippen molar-refractivity contribution in [3.8, 4) is 0 Å². The molecule has 1 aliphatic carbocycles. The number of nitrogens with zero attached hydrogens (tertiary/aromatic N) is 1. The van der Waals surface area contributed by atoms with Gasteiger partial charge in [-0.1, -0.05) is 52.0 Å². The van der Waals surface area contributed by atoms with Crippen molar-refractivity contribution in [1.82, 2.24) is 15.5 Å². The van der Waals surface area contributed by atoms with E-state index in [1.807, 2.05) is 13.8 Å². The first-order valence-electron chi connectivity index (χ1n) is 13.6. The van der Waals surface area contributed by atoms with Gasteiger partial charge in [-0.3, -0.25) is 14.4 Å². The third-order valence-electron chi connectivity index (χ3n) is 7.14. The van der Waals surface area contributed by atoms with E-state index < -0.39 is 30.2 Å². The van der Waals surface area contributed by atoms with Gasteiger partial charge in [-0.25, -0.2) is 0 Å². The van der Waals surface area contributed by atoms with Gasteiger partial charge in [0, 0.05) is 25.9 Å². The topological polar surface area (TPSA) is 128 Å². The molecule has 0 aromatic carbocycles. The SMILES string of the molecule is C=CC[C@H](NC(=O)CCC(=O)N1CCOCC1)C(=O)N[C@@H](CC1CCCCC1)[C@@H](O)[C@@H](O)CC(C)C. The van der Waals surface area contributed by atoms with E-state index in [9.17, 15) is 24.6 Å². The van der Waals surface area contributed by atoms with Crippen LogP contribution in [0.25, 0.3) is 0 Å². The normalized spacial score (nSPS) is 20.3. The molecule has 2 fully saturated rings. The maximum absolute atomic E-state index is 13.2. The zero-order chi connectivity index (χ0) is 26.5. The summed E-state index contributed by atoms with van der Waals surface area (Å²) in [4.78, 5) is 39.8. The van der Waals surface area contributed by atoms with Crippen molar-refractivity contribution in [2.24, 2.45) is 11.8 Å². The standard InChI is InChI=1S/C27H47N3O6/c1-4-8-21(28-24(32)11-12-25(33)30-13-15-36-16-14-30)27(35)29-22(18-20-9-6-5-7-10-20)26(34)23(31)17-19(2)3/h4,19-23,26,31,34H,1,5-18H2,2-3H3,(H,28,32)(H,29,35)/t21-,22-,23-,26+/m0/s1. The van der Waals surface area contributed by atoms with Crippen LogP contribution in [0.4, 0.5) is 0 Å². The largest absolute Gasteiger partial charge is 0.390 e. The van der Waals surface area contributed by atoms with Crippen LogP contribution in [-0.4, -0.2) is 83.4 Å². The van der Waals surface area contributed by atoms with Crippen LogP contribution < -0.4 is 10.6 Å². The highest BCUT2D eigenvalue weighted by atomic mass is 16.5. The predicted molar refractivity (Wildman–Crippen MR) is 138 cm³/mol. The predicted octanol–water partition coefficient (Wildman–Crippen LogP) is 1.91. The lowest BCUT2D eigenvalue weighted by Gasteiger charge is -2.33. The van der Waals surface area contributed by atoms with Gasteiger partial charge in [0.2, 0.25) is 17.7 Å². The molecular formula is C27H47N3O6. The Balaban J connectivity index is 1.97. The van der Waals surface area contributed by atoms with E-state index in [4.69, 9.17) is 4.74 Å². The number of carbonyl (C=O) groups is 3. The maximum Gasteiger partial charge on any atom is 0.243 e. The minimum absolute atomic E-state index is 0.0155. The third-order valence-corrected chi connectivity index (χ3v) is 7.14. The van der Waals surface area contributed by atoms with Crippen molar-refractivity contribution in [1.29, 1.82) is 0 Å². The van der Waals surface area contributed by atoms with Crippen molar-refractivity contribution in [3.63, 3.8) is 0 Å². The first-order chi connectivity index (χ1) is 17.2. The third kappa shape index (κ3) is 10.6. The maximum atomic E-state index is 13.2. The molecule has 4 atom stereocenters. The zero-order valence-electron chi connectivity index (χ0n) is 22.1. The molecule has 0 radical (unpaired) electrons. The molecule has 1 saturated carbocycles. The number of nitrogens with one attached hydrogen (secondary N) is 2. The minimum atomic E-state index is -1.09. The molecule has 2 aliphatic rings. The van der Waals surface area contributed by atoms with Gasteiger partial charge in [0.05, 0.1) is 25.4 Å². The van der Waals surface area contributed by atoms with Crippen LogP contribution >= 0.6 is 0 Å². The molecule has 0 bridgehead atoms. The van der Waals surface area contributed by atoms with Crippen LogP contribution in [0.1, 0.15) is 78.1 Å². The number of aliphatic hydroxyl groups is 2. The summed E-state index contributed by atoms with van der Waals surface area (Å²) in [6, 6.07) is -1.47. The van der Waals surface area contributed by atoms with Crippen LogP contribution in [0, 0.1) is 11.8 Å². The molecule has 3 amide bonds. The van der Waals surface area contributed by atoms with Gasteiger partial charge in [0.1, 0.15) is 12.1 Å². The molecule has 0 aromatic rings. The van der Waals surface area contributed by atoms with Crippen molar-refractivity contribution >= 4 is 17.7 Å². The lowest BCUT2D eigenvalue weighted by atomic mass is 9.82. The van der Waals surface area contributed by atoms with Gasteiger partial charge in [-0.05, 0) is 31.1 Å². The van der Waals surface area contributed by atoms with Gasteiger partial charge in [0.15, 0.2) is 0 Å². The number of hydrogen-bond donors (Lipinski definition) is 4. The zero-order valence-corrected chi connectivity index (χ0v) is 22.1. The van der Waals surface area contributed by atoms with Crippen molar-refractivity contribution in [3.05, 3.63) is 12.7 Å². The highest BCUT2D eigenvalue weighted by Gasteiger charge is 2.33. The van der Waals surface area contributed by atoms with Gasteiger partial charge in [0.25, 0.3) is 0 Å². The number of carbonyl (C=O) groups excluding carboxylic acids is 3. The average Bonchev–Trinajstić information content (AvgIpc) is 2.86. The van der Waals surface area contributed by atoms with Gasteiger partial charge in [-0.15, -0.1) is 6.58 Å². The summed E-state index contributed by atoms with van der Waals surface area (Å²) in [6.07, 6.45) is 6.37. The molecule has 9 nitrogen and oxygen atoms in total. The molecular weight excluding hydrogens is 462 g/mol. The molecule has 0 aromatic heterocycles. The van der Waals surface area contributed by atoms with Crippen LogP contribution in [-0.2, 0) is 19.1 Å². The average molecular weight is 510 g/mol. The second-order valence-corrected chi connectivity index (χ2v) is 10.7. The number of morpholine rings is 1. The lowest BCUT2D eigenvalue weighted by Crippen LogP contribution is -2.55. The highest BCUT2D eigenvalue weighted by molar-refractivity contribution is 5.89. The molecule has 0 unspecified atom stereocenters. The summed E-state index contributed by atoms with van der Waals surface area (Å²) in [5.74, 6) is -0.326. The number of hydrogen-bond acceptors (Lipinski definition) is 6. The van der Waals surface area contributed by atoms with E-state index in [1.165, 1.54) is 6.42 Å². The molecule has 1 heterocycles. The second-order valence-electron chi connectivity index (χ2n) is 10.7. The first-order valence-corrected chi connectivity index (χ1v) is 13.6. The number of amides is 3. The fraction of sp³-hybridized carbons (Fsp3) is 0.815. The van der Waals surface area contributed by atoms with Crippen LogP contribution in [0.5, 0.6) is 0 Å². The molecule has 0 spiro atoms. The molecule has 9 heteroatoms.